The monoisotopic (exact) mass is 332 g/mol. The third kappa shape index (κ3) is 5.83. The molecular weight excluding hydrogens is 312 g/mol. The maximum Gasteiger partial charge on any atom is 0.315 e. The van der Waals surface area contributed by atoms with Gasteiger partial charge in [0.05, 0.1) is 6.54 Å². The minimum Gasteiger partial charge on any atom is -0.492 e. The number of hydrogen-bond donors (Lipinski definition) is 2. The Morgan fingerprint density at radius 3 is 2.74 bits per heavy atom. The van der Waals surface area contributed by atoms with Crippen molar-refractivity contribution in [3.8, 4) is 5.75 Å². The Morgan fingerprint density at radius 1 is 1.13 bits per heavy atom. The molecule has 0 aliphatic heterocycles. The molecule has 0 aliphatic carbocycles. The number of carbonyl (C=O) groups excluding carboxylic acids is 1. The van der Waals surface area contributed by atoms with E-state index in [2.05, 4.69) is 23.6 Å². The molecule has 0 aromatic heterocycles. The number of benzene rings is 2. The first-order valence-corrected chi connectivity index (χ1v) is 8.03. The van der Waals surface area contributed by atoms with Gasteiger partial charge in [-0.3, -0.25) is 0 Å². The van der Waals surface area contributed by atoms with E-state index in [-0.39, 0.29) is 6.03 Å². The molecule has 5 heteroatoms. The third-order valence-electron chi connectivity index (χ3n) is 3.36. The first kappa shape index (κ1) is 17.2. The summed E-state index contributed by atoms with van der Waals surface area (Å²) in [4.78, 5) is 11.7. The van der Waals surface area contributed by atoms with Crippen molar-refractivity contribution in [3.63, 3.8) is 0 Å². The summed E-state index contributed by atoms with van der Waals surface area (Å²) < 4.78 is 5.62. The predicted octanol–water partition coefficient (Wildman–Crippen LogP) is 3.78. The van der Waals surface area contributed by atoms with Crippen molar-refractivity contribution >= 4 is 17.6 Å². The summed E-state index contributed by atoms with van der Waals surface area (Å²) in [6.07, 6.45) is 0.972. The lowest BCUT2D eigenvalue weighted by atomic mass is 10.2. The molecular formula is C18H21ClN2O2. The SMILES string of the molecule is CCc1cccc(OCCNC(=O)NCc2ccccc2Cl)c1. The lowest BCUT2D eigenvalue weighted by Gasteiger charge is -2.10. The molecule has 23 heavy (non-hydrogen) atoms. The average Bonchev–Trinajstić information content (AvgIpc) is 2.58. The molecule has 0 saturated carbocycles. The van der Waals surface area contributed by atoms with Gasteiger partial charge in [0.25, 0.3) is 0 Å². The fraction of sp³-hybridized carbons (Fsp3) is 0.278. The van der Waals surface area contributed by atoms with Crippen LogP contribution in [0.4, 0.5) is 4.79 Å². The molecule has 0 atom stereocenters. The second-order valence-electron chi connectivity index (χ2n) is 5.05. The van der Waals surface area contributed by atoms with E-state index in [1.165, 1.54) is 5.56 Å². The number of urea groups is 1. The molecule has 122 valence electrons. The molecule has 4 nitrogen and oxygen atoms in total. The van der Waals surface area contributed by atoms with Crippen LogP contribution in [0.15, 0.2) is 48.5 Å². The van der Waals surface area contributed by atoms with Crippen LogP contribution in [0.3, 0.4) is 0 Å². The summed E-state index contributed by atoms with van der Waals surface area (Å²) in [5.74, 6) is 0.822. The Kier molecular flexibility index (Phi) is 6.76. The Balaban J connectivity index is 1.66. The molecule has 0 aliphatic rings. The van der Waals surface area contributed by atoms with Crippen molar-refractivity contribution in [3.05, 3.63) is 64.7 Å². The van der Waals surface area contributed by atoms with E-state index in [0.29, 0.717) is 24.7 Å². The smallest absolute Gasteiger partial charge is 0.315 e. The Labute approximate surface area is 141 Å². The summed E-state index contributed by atoms with van der Waals surface area (Å²) in [7, 11) is 0. The number of ether oxygens (including phenoxy) is 1. The number of rotatable bonds is 7. The van der Waals surface area contributed by atoms with Gasteiger partial charge in [0.1, 0.15) is 12.4 Å². The van der Waals surface area contributed by atoms with Gasteiger partial charge in [-0.25, -0.2) is 4.79 Å². The van der Waals surface area contributed by atoms with Crippen molar-refractivity contribution in [1.82, 2.24) is 10.6 Å². The van der Waals surface area contributed by atoms with Crippen LogP contribution in [0, 0.1) is 0 Å². The number of nitrogens with one attached hydrogen (secondary N) is 2. The summed E-state index contributed by atoms with van der Waals surface area (Å²) >= 11 is 6.04. The summed E-state index contributed by atoms with van der Waals surface area (Å²) in [6.45, 7) is 3.35. The number of amides is 2. The molecule has 2 N–H and O–H groups in total. The van der Waals surface area contributed by atoms with E-state index in [1.54, 1.807) is 6.07 Å². The van der Waals surface area contributed by atoms with Gasteiger partial charge >= 0.3 is 6.03 Å². The fourth-order valence-electron chi connectivity index (χ4n) is 2.07. The molecule has 0 heterocycles. The Hall–Kier alpha value is -2.20. The van der Waals surface area contributed by atoms with Crippen LogP contribution in [-0.4, -0.2) is 19.2 Å². The van der Waals surface area contributed by atoms with E-state index >= 15 is 0 Å². The van der Waals surface area contributed by atoms with Crippen LogP contribution in [0.25, 0.3) is 0 Å². The summed E-state index contributed by atoms with van der Waals surface area (Å²) in [6, 6.07) is 15.1. The van der Waals surface area contributed by atoms with Gasteiger partial charge in [-0.15, -0.1) is 0 Å². The molecule has 2 rings (SSSR count). The lowest BCUT2D eigenvalue weighted by Crippen LogP contribution is -2.37. The van der Waals surface area contributed by atoms with Gasteiger partial charge < -0.3 is 15.4 Å². The molecule has 0 saturated heterocycles. The highest BCUT2D eigenvalue weighted by molar-refractivity contribution is 6.31. The third-order valence-corrected chi connectivity index (χ3v) is 3.73. The highest BCUT2D eigenvalue weighted by atomic mass is 35.5. The minimum atomic E-state index is -0.240. The molecule has 2 aromatic rings. The average molecular weight is 333 g/mol. The molecule has 0 unspecified atom stereocenters. The van der Waals surface area contributed by atoms with Gasteiger partial charge in [0, 0.05) is 11.6 Å². The van der Waals surface area contributed by atoms with Gasteiger partial charge in [0.15, 0.2) is 0 Å². The van der Waals surface area contributed by atoms with Crippen molar-refractivity contribution in [2.24, 2.45) is 0 Å². The topological polar surface area (TPSA) is 50.4 Å². The molecule has 0 radical (unpaired) electrons. The minimum absolute atomic E-state index is 0.240. The predicted molar refractivity (Wildman–Crippen MR) is 93.0 cm³/mol. The Morgan fingerprint density at radius 2 is 1.96 bits per heavy atom. The molecule has 0 spiro atoms. The van der Waals surface area contributed by atoms with Crippen LogP contribution in [0.5, 0.6) is 5.75 Å². The maximum absolute atomic E-state index is 11.7. The van der Waals surface area contributed by atoms with Gasteiger partial charge in [0.2, 0.25) is 0 Å². The van der Waals surface area contributed by atoms with E-state index in [4.69, 9.17) is 16.3 Å². The normalized spacial score (nSPS) is 10.2. The van der Waals surface area contributed by atoms with E-state index in [0.717, 1.165) is 17.7 Å². The standard InChI is InChI=1S/C18H21ClN2O2/c1-2-14-6-5-8-16(12-14)23-11-10-20-18(22)21-13-15-7-3-4-9-17(15)19/h3-9,12H,2,10-11,13H2,1H3,(H2,20,21,22). The van der Waals surface area contributed by atoms with Gasteiger partial charge in [-0.2, -0.15) is 0 Å². The maximum atomic E-state index is 11.7. The van der Waals surface area contributed by atoms with Crippen molar-refractivity contribution in [2.45, 2.75) is 19.9 Å². The van der Waals surface area contributed by atoms with Crippen LogP contribution in [0.1, 0.15) is 18.1 Å². The fourth-order valence-corrected chi connectivity index (χ4v) is 2.27. The van der Waals surface area contributed by atoms with Gasteiger partial charge in [-0.1, -0.05) is 48.9 Å². The second kappa shape index (κ2) is 9.06. The zero-order valence-corrected chi connectivity index (χ0v) is 13.9. The van der Waals surface area contributed by atoms with Crippen molar-refractivity contribution in [1.29, 1.82) is 0 Å². The Bertz CT molecular complexity index is 646. The second-order valence-corrected chi connectivity index (χ2v) is 5.46. The molecule has 0 bridgehead atoms. The number of aryl methyl sites for hydroxylation is 1. The quantitative estimate of drug-likeness (QED) is 0.758. The van der Waals surface area contributed by atoms with Crippen LogP contribution < -0.4 is 15.4 Å². The zero-order chi connectivity index (χ0) is 16.5. The van der Waals surface area contributed by atoms with Gasteiger partial charge in [-0.05, 0) is 35.7 Å². The molecule has 2 aromatic carbocycles. The first-order chi connectivity index (χ1) is 11.2. The zero-order valence-electron chi connectivity index (χ0n) is 13.1. The van der Waals surface area contributed by atoms with Crippen LogP contribution >= 0.6 is 11.6 Å². The highest BCUT2D eigenvalue weighted by Crippen LogP contribution is 2.14. The largest absolute Gasteiger partial charge is 0.492 e. The van der Waals surface area contributed by atoms with Crippen LogP contribution in [-0.2, 0) is 13.0 Å². The van der Waals surface area contributed by atoms with Crippen LogP contribution in [0.2, 0.25) is 5.02 Å². The number of carbonyl (C=O) groups is 1. The van der Waals surface area contributed by atoms with Crippen molar-refractivity contribution < 1.29 is 9.53 Å². The summed E-state index contributed by atoms with van der Waals surface area (Å²) in [5, 5.41) is 6.17. The first-order valence-electron chi connectivity index (χ1n) is 7.66. The van der Waals surface area contributed by atoms with E-state index in [9.17, 15) is 4.79 Å². The van der Waals surface area contributed by atoms with E-state index in [1.807, 2.05) is 36.4 Å². The number of hydrogen-bond acceptors (Lipinski definition) is 2. The van der Waals surface area contributed by atoms with Crippen molar-refractivity contribution in [2.75, 3.05) is 13.2 Å². The highest BCUT2D eigenvalue weighted by Gasteiger charge is 2.03. The van der Waals surface area contributed by atoms with E-state index < -0.39 is 0 Å². The summed E-state index contributed by atoms with van der Waals surface area (Å²) in [5.41, 5.74) is 2.12. The molecule has 2 amide bonds. The molecule has 0 fully saturated rings. The number of halogens is 1. The lowest BCUT2D eigenvalue weighted by molar-refractivity contribution is 0.236.